The van der Waals surface area contributed by atoms with Gasteiger partial charge in [0.15, 0.2) is 17.4 Å². The van der Waals surface area contributed by atoms with Gasteiger partial charge in [0, 0.05) is 37.4 Å². The number of halogens is 1. The Bertz CT molecular complexity index is 659. The number of anilines is 1. The number of hydrogen-bond donors (Lipinski definition) is 0. The van der Waals surface area contributed by atoms with Crippen molar-refractivity contribution in [2.75, 3.05) is 18.0 Å². The van der Waals surface area contributed by atoms with Crippen LogP contribution in [-0.2, 0) is 6.54 Å². The largest absolute Gasteiger partial charge is 0.360 e. The highest BCUT2D eigenvalue weighted by molar-refractivity contribution is 5.44. The van der Waals surface area contributed by atoms with E-state index in [1.165, 1.54) is 6.07 Å². The van der Waals surface area contributed by atoms with E-state index in [1.54, 1.807) is 12.3 Å². The lowest BCUT2D eigenvalue weighted by Crippen LogP contribution is -2.46. The molecule has 2 aliphatic rings. The van der Waals surface area contributed by atoms with Gasteiger partial charge in [0.1, 0.15) is 0 Å². The second-order valence-corrected chi connectivity index (χ2v) is 5.87. The molecule has 0 aliphatic carbocycles. The summed E-state index contributed by atoms with van der Waals surface area (Å²) in [6, 6.07) is 5.85. The Labute approximate surface area is 122 Å². The first-order valence-corrected chi connectivity index (χ1v) is 7.24. The molecule has 2 unspecified atom stereocenters. The van der Waals surface area contributed by atoms with Crippen LogP contribution in [0.4, 0.5) is 10.2 Å². The molecule has 4 rings (SSSR count). The molecule has 2 atom stereocenters. The molecule has 2 saturated heterocycles. The minimum Gasteiger partial charge on any atom is -0.360 e. The summed E-state index contributed by atoms with van der Waals surface area (Å²) in [6.07, 6.45) is 2.71. The molecular formula is C15H17FN4O. The number of nitrogens with zero attached hydrogens (tertiary/aromatic N) is 4. The fraction of sp³-hybridized carbons (Fsp3) is 0.467. The van der Waals surface area contributed by atoms with Crippen LogP contribution in [-0.4, -0.2) is 40.2 Å². The zero-order chi connectivity index (χ0) is 14.4. The third-order valence-corrected chi connectivity index (χ3v) is 4.40. The van der Waals surface area contributed by atoms with E-state index in [1.807, 2.05) is 13.0 Å². The van der Waals surface area contributed by atoms with E-state index in [0.717, 1.165) is 37.5 Å². The molecule has 5 nitrogen and oxygen atoms in total. The number of hydrogen-bond acceptors (Lipinski definition) is 5. The Hall–Kier alpha value is -1.95. The SMILES string of the molecule is Cc1cc(CN2CC3CC2CN3c2ncccc2F)on1. The maximum Gasteiger partial charge on any atom is 0.165 e. The summed E-state index contributed by atoms with van der Waals surface area (Å²) < 4.78 is 19.2. The second-order valence-electron chi connectivity index (χ2n) is 5.87. The van der Waals surface area contributed by atoms with Crippen molar-refractivity contribution in [3.63, 3.8) is 0 Å². The topological polar surface area (TPSA) is 45.4 Å². The number of aryl methyl sites for hydroxylation is 1. The first-order chi connectivity index (χ1) is 10.2. The normalized spacial score (nSPS) is 25.0. The fourth-order valence-corrected chi connectivity index (χ4v) is 3.48. The smallest absolute Gasteiger partial charge is 0.165 e. The van der Waals surface area contributed by atoms with Crippen LogP contribution < -0.4 is 4.90 Å². The predicted octanol–water partition coefficient (Wildman–Crippen LogP) is 1.98. The molecule has 21 heavy (non-hydrogen) atoms. The van der Waals surface area contributed by atoms with Crippen LogP contribution in [0.2, 0.25) is 0 Å². The molecule has 4 heterocycles. The Morgan fingerprint density at radius 1 is 1.38 bits per heavy atom. The van der Waals surface area contributed by atoms with E-state index in [-0.39, 0.29) is 5.82 Å². The summed E-state index contributed by atoms with van der Waals surface area (Å²) in [5.41, 5.74) is 0.909. The van der Waals surface area contributed by atoms with E-state index in [4.69, 9.17) is 4.52 Å². The van der Waals surface area contributed by atoms with Crippen molar-refractivity contribution in [3.8, 4) is 0 Å². The lowest BCUT2D eigenvalue weighted by atomic mass is 10.2. The van der Waals surface area contributed by atoms with Gasteiger partial charge >= 0.3 is 0 Å². The lowest BCUT2D eigenvalue weighted by molar-refractivity contribution is 0.203. The van der Waals surface area contributed by atoms with Gasteiger partial charge in [-0.2, -0.15) is 0 Å². The highest BCUT2D eigenvalue weighted by atomic mass is 19.1. The summed E-state index contributed by atoms with van der Waals surface area (Å²) in [7, 11) is 0. The Balaban J connectivity index is 1.47. The number of aromatic nitrogens is 2. The molecule has 0 aromatic carbocycles. The van der Waals surface area contributed by atoms with Crippen molar-refractivity contribution < 1.29 is 8.91 Å². The van der Waals surface area contributed by atoms with Crippen LogP contribution in [0.3, 0.4) is 0 Å². The van der Waals surface area contributed by atoms with E-state index in [9.17, 15) is 4.39 Å². The number of pyridine rings is 1. The first kappa shape index (κ1) is 12.8. The summed E-state index contributed by atoms with van der Waals surface area (Å²) in [5.74, 6) is 1.15. The van der Waals surface area contributed by atoms with E-state index >= 15 is 0 Å². The molecule has 0 saturated carbocycles. The van der Waals surface area contributed by atoms with Crippen molar-refractivity contribution >= 4 is 5.82 Å². The number of rotatable bonds is 3. The number of likely N-dealkylation sites (tertiary alicyclic amines) is 1. The van der Waals surface area contributed by atoms with Crippen LogP contribution in [0, 0.1) is 12.7 Å². The Kier molecular flexibility index (Phi) is 2.92. The summed E-state index contributed by atoms with van der Waals surface area (Å²) in [5, 5.41) is 3.92. The molecule has 2 aliphatic heterocycles. The van der Waals surface area contributed by atoms with Crippen molar-refractivity contribution in [2.45, 2.75) is 32.0 Å². The van der Waals surface area contributed by atoms with E-state index in [2.05, 4.69) is 19.9 Å². The summed E-state index contributed by atoms with van der Waals surface area (Å²) >= 11 is 0. The molecule has 2 bridgehead atoms. The van der Waals surface area contributed by atoms with E-state index < -0.39 is 0 Å². The number of piperazine rings is 1. The van der Waals surface area contributed by atoms with Crippen molar-refractivity contribution in [2.24, 2.45) is 0 Å². The summed E-state index contributed by atoms with van der Waals surface area (Å²) in [6.45, 7) is 4.45. The number of fused-ring (bicyclic) bond motifs is 2. The van der Waals surface area contributed by atoms with Crippen LogP contribution in [0.15, 0.2) is 28.9 Å². The van der Waals surface area contributed by atoms with Gasteiger partial charge in [-0.1, -0.05) is 5.16 Å². The maximum atomic E-state index is 13.9. The van der Waals surface area contributed by atoms with Gasteiger partial charge in [0.05, 0.1) is 12.2 Å². The molecule has 0 amide bonds. The third kappa shape index (κ3) is 2.19. The first-order valence-electron chi connectivity index (χ1n) is 7.24. The van der Waals surface area contributed by atoms with Crippen molar-refractivity contribution in [1.29, 1.82) is 0 Å². The van der Waals surface area contributed by atoms with Crippen molar-refractivity contribution in [3.05, 3.63) is 41.7 Å². The van der Waals surface area contributed by atoms with Crippen LogP contribution in [0.25, 0.3) is 0 Å². The maximum absolute atomic E-state index is 13.9. The molecule has 6 heteroatoms. The third-order valence-electron chi connectivity index (χ3n) is 4.40. The zero-order valence-electron chi connectivity index (χ0n) is 11.9. The van der Waals surface area contributed by atoms with Crippen LogP contribution in [0.5, 0.6) is 0 Å². The molecule has 110 valence electrons. The monoisotopic (exact) mass is 288 g/mol. The fourth-order valence-electron chi connectivity index (χ4n) is 3.48. The zero-order valence-corrected chi connectivity index (χ0v) is 11.9. The summed E-state index contributed by atoms with van der Waals surface area (Å²) in [4.78, 5) is 8.69. The molecule has 0 N–H and O–H groups in total. The minimum atomic E-state index is -0.234. The molecule has 0 spiro atoms. The highest BCUT2D eigenvalue weighted by Crippen LogP contribution is 2.35. The molecular weight excluding hydrogens is 271 g/mol. The van der Waals surface area contributed by atoms with Gasteiger partial charge < -0.3 is 9.42 Å². The molecule has 2 aromatic heterocycles. The van der Waals surface area contributed by atoms with Crippen LogP contribution in [0.1, 0.15) is 17.9 Å². The Morgan fingerprint density at radius 2 is 2.29 bits per heavy atom. The van der Waals surface area contributed by atoms with E-state index in [0.29, 0.717) is 17.9 Å². The van der Waals surface area contributed by atoms with Crippen LogP contribution >= 0.6 is 0 Å². The van der Waals surface area contributed by atoms with Crippen molar-refractivity contribution in [1.82, 2.24) is 15.0 Å². The Morgan fingerprint density at radius 3 is 2.95 bits per heavy atom. The molecule has 2 fully saturated rings. The standard InChI is InChI=1S/C15H17FN4O/c1-10-5-13(21-18-10)9-19-7-12-6-11(19)8-20(12)15-14(16)3-2-4-17-15/h2-5,11-12H,6-9H2,1H3. The van der Waals surface area contributed by atoms with Gasteiger partial charge in [-0.25, -0.2) is 9.37 Å². The minimum absolute atomic E-state index is 0.234. The molecule has 0 radical (unpaired) electrons. The van der Waals surface area contributed by atoms with Gasteiger partial charge in [0.2, 0.25) is 0 Å². The predicted molar refractivity (Wildman–Crippen MR) is 75.4 cm³/mol. The quantitative estimate of drug-likeness (QED) is 0.864. The lowest BCUT2D eigenvalue weighted by Gasteiger charge is -2.34. The van der Waals surface area contributed by atoms with Gasteiger partial charge in [-0.05, 0) is 25.5 Å². The second kappa shape index (κ2) is 4.80. The highest BCUT2D eigenvalue weighted by Gasteiger charge is 2.44. The average molecular weight is 288 g/mol. The van der Waals surface area contributed by atoms with Gasteiger partial charge in [-0.3, -0.25) is 4.90 Å². The van der Waals surface area contributed by atoms with Gasteiger partial charge in [-0.15, -0.1) is 0 Å². The average Bonchev–Trinajstić information content (AvgIpc) is 3.15. The van der Waals surface area contributed by atoms with Gasteiger partial charge in [0.25, 0.3) is 0 Å². The molecule has 2 aromatic rings.